The van der Waals surface area contributed by atoms with Gasteiger partial charge in [-0.05, 0) is 53.8 Å². The highest BCUT2D eigenvalue weighted by Crippen LogP contribution is 2.32. The average molecular weight is 260 g/mol. The zero-order valence-electron chi connectivity index (χ0n) is 9.95. The van der Waals surface area contributed by atoms with Crippen molar-refractivity contribution in [1.82, 2.24) is 0 Å². The Labute approximate surface area is 111 Å². The van der Waals surface area contributed by atoms with E-state index in [1.807, 2.05) is 24.3 Å². The van der Waals surface area contributed by atoms with Crippen LogP contribution in [-0.2, 0) is 6.42 Å². The first kappa shape index (κ1) is 11.4. The second-order valence-electron chi connectivity index (χ2n) is 4.51. The van der Waals surface area contributed by atoms with Crippen molar-refractivity contribution in [3.63, 3.8) is 0 Å². The molecule has 0 atom stereocenters. The Hall–Kier alpha value is -1.67. The zero-order valence-corrected chi connectivity index (χ0v) is 10.7. The number of hydrogen-bond donors (Lipinski definition) is 1. The molecule has 0 fully saturated rings. The van der Waals surface area contributed by atoms with Gasteiger partial charge < -0.3 is 10.5 Å². The summed E-state index contributed by atoms with van der Waals surface area (Å²) in [4.78, 5) is 0. The maximum Gasteiger partial charge on any atom is 0.122 e. The molecular weight excluding hydrogens is 246 g/mol. The Balaban J connectivity index is 2.03. The van der Waals surface area contributed by atoms with Crippen molar-refractivity contribution in [3.8, 4) is 16.9 Å². The van der Waals surface area contributed by atoms with Crippen LogP contribution in [0.5, 0.6) is 5.75 Å². The maximum absolute atomic E-state index is 6.06. The molecule has 2 nitrogen and oxygen atoms in total. The van der Waals surface area contributed by atoms with E-state index in [1.54, 1.807) is 0 Å². The van der Waals surface area contributed by atoms with Gasteiger partial charge in [-0.2, -0.15) is 0 Å². The predicted molar refractivity (Wildman–Crippen MR) is 75.1 cm³/mol. The molecule has 0 aliphatic carbocycles. The Morgan fingerprint density at radius 3 is 2.67 bits per heavy atom. The summed E-state index contributed by atoms with van der Waals surface area (Å²) >= 11 is 6.06. The minimum absolute atomic E-state index is 0.599. The number of halogens is 1. The molecule has 0 aromatic heterocycles. The highest BCUT2D eigenvalue weighted by molar-refractivity contribution is 6.33. The van der Waals surface area contributed by atoms with E-state index in [1.165, 1.54) is 5.56 Å². The first-order chi connectivity index (χ1) is 8.74. The van der Waals surface area contributed by atoms with Crippen molar-refractivity contribution >= 4 is 17.3 Å². The quantitative estimate of drug-likeness (QED) is 0.788. The SMILES string of the molecule is Nc1ccc(-c2ccc3c(c2)CCCO3)cc1Cl. The van der Waals surface area contributed by atoms with Crippen LogP contribution in [0, 0.1) is 0 Å². The smallest absolute Gasteiger partial charge is 0.122 e. The van der Waals surface area contributed by atoms with E-state index in [2.05, 4.69) is 12.1 Å². The molecule has 3 rings (SSSR count). The molecule has 1 heterocycles. The second-order valence-corrected chi connectivity index (χ2v) is 4.92. The van der Waals surface area contributed by atoms with Crippen LogP contribution < -0.4 is 10.5 Å². The van der Waals surface area contributed by atoms with Gasteiger partial charge in [-0.1, -0.05) is 23.7 Å². The van der Waals surface area contributed by atoms with E-state index in [0.29, 0.717) is 10.7 Å². The van der Waals surface area contributed by atoms with Crippen molar-refractivity contribution in [1.29, 1.82) is 0 Å². The van der Waals surface area contributed by atoms with Crippen LogP contribution in [0.15, 0.2) is 36.4 Å². The number of nitrogens with two attached hydrogens (primary N) is 1. The summed E-state index contributed by atoms with van der Waals surface area (Å²) in [6.45, 7) is 0.819. The van der Waals surface area contributed by atoms with Crippen LogP contribution in [0.1, 0.15) is 12.0 Å². The van der Waals surface area contributed by atoms with Gasteiger partial charge in [-0.25, -0.2) is 0 Å². The number of fused-ring (bicyclic) bond motifs is 1. The van der Waals surface area contributed by atoms with Crippen molar-refractivity contribution in [2.75, 3.05) is 12.3 Å². The van der Waals surface area contributed by atoms with Crippen LogP contribution in [0.2, 0.25) is 5.02 Å². The number of rotatable bonds is 1. The molecule has 92 valence electrons. The summed E-state index contributed by atoms with van der Waals surface area (Å²) in [7, 11) is 0. The molecule has 0 saturated heterocycles. The van der Waals surface area contributed by atoms with E-state index in [9.17, 15) is 0 Å². The van der Waals surface area contributed by atoms with E-state index in [0.717, 1.165) is 36.3 Å². The monoisotopic (exact) mass is 259 g/mol. The fourth-order valence-corrected chi connectivity index (χ4v) is 2.43. The Bertz CT molecular complexity index is 595. The second kappa shape index (κ2) is 4.54. The summed E-state index contributed by atoms with van der Waals surface area (Å²) < 4.78 is 5.61. The lowest BCUT2D eigenvalue weighted by atomic mass is 9.99. The average Bonchev–Trinajstić information content (AvgIpc) is 2.41. The summed E-state index contributed by atoms with van der Waals surface area (Å²) in [5, 5.41) is 0.599. The van der Waals surface area contributed by atoms with Gasteiger partial charge in [-0.3, -0.25) is 0 Å². The fourth-order valence-electron chi connectivity index (χ4n) is 2.25. The molecule has 2 N–H and O–H groups in total. The molecule has 2 aromatic rings. The maximum atomic E-state index is 6.06. The first-order valence-electron chi connectivity index (χ1n) is 6.05. The molecule has 0 radical (unpaired) electrons. The Morgan fingerprint density at radius 1 is 1.06 bits per heavy atom. The molecule has 18 heavy (non-hydrogen) atoms. The molecule has 0 bridgehead atoms. The van der Waals surface area contributed by atoms with E-state index in [4.69, 9.17) is 22.1 Å². The first-order valence-corrected chi connectivity index (χ1v) is 6.43. The minimum atomic E-state index is 0.599. The zero-order chi connectivity index (χ0) is 12.5. The van der Waals surface area contributed by atoms with Crippen molar-refractivity contribution in [2.45, 2.75) is 12.8 Å². The molecule has 0 amide bonds. The minimum Gasteiger partial charge on any atom is -0.493 e. The van der Waals surface area contributed by atoms with Crippen molar-refractivity contribution in [3.05, 3.63) is 47.0 Å². The third kappa shape index (κ3) is 2.04. The van der Waals surface area contributed by atoms with E-state index < -0.39 is 0 Å². The van der Waals surface area contributed by atoms with Gasteiger partial charge >= 0.3 is 0 Å². The van der Waals surface area contributed by atoms with Crippen LogP contribution in [-0.4, -0.2) is 6.61 Å². The van der Waals surface area contributed by atoms with Gasteiger partial charge in [0.15, 0.2) is 0 Å². The molecule has 1 aliphatic heterocycles. The van der Waals surface area contributed by atoms with Gasteiger partial charge in [0.1, 0.15) is 5.75 Å². The van der Waals surface area contributed by atoms with Gasteiger partial charge in [0.25, 0.3) is 0 Å². The summed E-state index contributed by atoms with van der Waals surface area (Å²) in [5.74, 6) is 1.01. The van der Waals surface area contributed by atoms with Crippen LogP contribution in [0.3, 0.4) is 0 Å². The molecular formula is C15H14ClNO. The van der Waals surface area contributed by atoms with Crippen LogP contribution in [0.25, 0.3) is 11.1 Å². The van der Waals surface area contributed by atoms with Gasteiger partial charge in [0, 0.05) is 0 Å². The molecule has 0 saturated carbocycles. The molecule has 0 spiro atoms. The third-order valence-electron chi connectivity index (χ3n) is 3.24. The Morgan fingerprint density at radius 2 is 1.83 bits per heavy atom. The number of anilines is 1. The van der Waals surface area contributed by atoms with Crippen molar-refractivity contribution in [2.24, 2.45) is 0 Å². The number of benzene rings is 2. The highest BCUT2D eigenvalue weighted by Gasteiger charge is 2.11. The van der Waals surface area contributed by atoms with Crippen LogP contribution >= 0.6 is 11.6 Å². The van der Waals surface area contributed by atoms with Crippen LogP contribution in [0.4, 0.5) is 5.69 Å². The standard InChI is InChI=1S/C15H14ClNO/c16-13-9-11(3-5-14(13)17)10-4-6-15-12(8-10)2-1-7-18-15/h3-6,8-9H,1-2,7,17H2. The number of hydrogen-bond acceptors (Lipinski definition) is 2. The van der Waals surface area contributed by atoms with E-state index in [-0.39, 0.29) is 0 Å². The third-order valence-corrected chi connectivity index (χ3v) is 3.57. The fraction of sp³-hybridized carbons (Fsp3) is 0.200. The molecule has 0 unspecified atom stereocenters. The summed E-state index contributed by atoms with van der Waals surface area (Å²) in [6, 6.07) is 12.0. The van der Waals surface area contributed by atoms with Crippen molar-refractivity contribution < 1.29 is 4.74 Å². The predicted octanol–water partition coefficient (Wildman–Crippen LogP) is 3.91. The molecule has 3 heteroatoms. The number of nitrogen functional groups attached to an aromatic ring is 1. The topological polar surface area (TPSA) is 35.2 Å². The number of aryl methyl sites for hydroxylation is 1. The molecule has 2 aromatic carbocycles. The lowest BCUT2D eigenvalue weighted by molar-refractivity contribution is 0.288. The Kier molecular flexibility index (Phi) is 2.88. The number of ether oxygens (including phenoxy) is 1. The molecule has 1 aliphatic rings. The van der Waals surface area contributed by atoms with Gasteiger partial charge in [0.05, 0.1) is 17.3 Å². The normalized spacial score (nSPS) is 13.8. The highest BCUT2D eigenvalue weighted by atomic mass is 35.5. The van der Waals surface area contributed by atoms with Gasteiger partial charge in [0.2, 0.25) is 0 Å². The largest absolute Gasteiger partial charge is 0.493 e. The lowest BCUT2D eigenvalue weighted by Gasteiger charge is -2.18. The van der Waals surface area contributed by atoms with E-state index >= 15 is 0 Å². The summed E-state index contributed by atoms with van der Waals surface area (Å²) in [5.41, 5.74) is 9.85. The summed E-state index contributed by atoms with van der Waals surface area (Å²) in [6.07, 6.45) is 2.16. The lowest BCUT2D eigenvalue weighted by Crippen LogP contribution is -2.07. The van der Waals surface area contributed by atoms with Gasteiger partial charge in [-0.15, -0.1) is 0 Å².